The van der Waals surface area contributed by atoms with Crippen molar-refractivity contribution in [3.05, 3.63) is 12.2 Å². The van der Waals surface area contributed by atoms with Crippen molar-refractivity contribution < 1.29 is 24.2 Å². The first-order chi connectivity index (χ1) is 9.03. The molecule has 3 rings (SSSR count). The summed E-state index contributed by atoms with van der Waals surface area (Å²) in [7, 11) is 0. The molecule has 3 aliphatic rings. The van der Waals surface area contributed by atoms with Crippen LogP contribution in [-0.2, 0) is 19.1 Å². The first kappa shape index (κ1) is 12.6. The summed E-state index contributed by atoms with van der Waals surface area (Å²) in [5.74, 6) is -3.14. The fourth-order valence-corrected chi connectivity index (χ4v) is 2.71. The van der Waals surface area contributed by atoms with E-state index in [9.17, 15) is 14.7 Å². The van der Waals surface area contributed by atoms with Gasteiger partial charge in [0, 0.05) is 31.0 Å². The molecule has 0 aromatic rings. The van der Waals surface area contributed by atoms with E-state index in [2.05, 4.69) is 5.32 Å². The van der Waals surface area contributed by atoms with Gasteiger partial charge in [0.25, 0.3) is 5.79 Å². The van der Waals surface area contributed by atoms with E-state index in [0.29, 0.717) is 6.42 Å². The lowest BCUT2D eigenvalue weighted by atomic mass is 9.84. The summed E-state index contributed by atoms with van der Waals surface area (Å²) < 4.78 is 10.6. The van der Waals surface area contributed by atoms with Crippen LogP contribution in [0.1, 0.15) is 38.5 Å². The number of aliphatic hydroxyl groups is 1. The van der Waals surface area contributed by atoms with Crippen LogP contribution in [0.4, 0.5) is 0 Å². The van der Waals surface area contributed by atoms with Gasteiger partial charge in [0.05, 0.1) is 0 Å². The van der Waals surface area contributed by atoms with E-state index >= 15 is 0 Å². The highest BCUT2D eigenvalue weighted by atomic mass is 16.7. The minimum absolute atomic E-state index is 0.208. The normalized spacial score (nSPS) is 40.5. The summed E-state index contributed by atoms with van der Waals surface area (Å²) in [6.07, 6.45) is 6.18. The monoisotopic (exact) mass is 267 g/mol. The Kier molecular flexibility index (Phi) is 2.87. The minimum Gasteiger partial charge on any atom is -0.433 e. The van der Waals surface area contributed by atoms with Crippen molar-refractivity contribution in [3.8, 4) is 0 Å². The number of esters is 2. The van der Waals surface area contributed by atoms with Crippen LogP contribution in [0, 0.1) is 0 Å². The van der Waals surface area contributed by atoms with Crippen LogP contribution in [-0.4, -0.2) is 34.6 Å². The van der Waals surface area contributed by atoms with Crippen molar-refractivity contribution in [1.82, 2.24) is 5.32 Å². The van der Waals surface area contributed by atoms with E-state index in [1.54, 1.807) is 0 Å². The molecule has 6 nitrogen and oxygen atoms in total. The van der Waals surface area contributed by atoms with E-state index in [1.807, 2.05) is 0 Å². The summed E-state index contributed by atoms with van der Waals surface area (Å²) in [5, 5.41) is 13.9. The quantitative estimate of drug-likeness (QED) is 0.702. The molecule has 2 saturated carbocycles. The second-order valence-corrected chi connectivity index (χ2v) is 5.41. The molecule has 6 heteroatoms. The molecule has 2 aliphatic carbocycles. The fraction of sp³-hybridized carbons (Fsp3) is 0.692. The number of hydrogen-bond acceptors (Lipinski definition) is 6. The lowest BCUT2D eigenvalue weighted by Gasteiger charge is -2.48. The maximum atomic E-state index is 11.7. The number of carbonyl (C=O) groups excluding carboxylic acids is 2. The standard InChI is InChI=1S/C13H17NO5/c15-10-5-6-11(16)19-13(17)8-2-1-7-12(13,18-10)14-9-3-4-9/h5-6,9,14,17H,1-4,7-8H2/b6-5+. The molecule has 0 aromatic heterocycles. The Morgan fingerprint density at radius 1 is 1.11 bits per heavy atom. The number of rotatable bonds is 2. The number of fused-ring (bicyclic) bond motifs is 1. The van der Waals surface area contributed by atoms with Crippen molar-refractivity contribution in [1.29, 1.82) is 0 Å². The number of hydrogen-bond donors (Lipinski definition) is 2. The molecule has 19 heavy (non-hydrogen) atoms. The predicted octanol–water partition coefficient (Wildman–Crippen LogP) is 0.353. The third-order valence-corrected chi connectivity index (χ3v) is 3.84. The Bertz CT molecular complexity index is 444. The molecule has 2 atom stereocenters. The van der Waals surface area contributed by atoms with Gasteiger partial charge in [-0.2, -0.15) is 0 Å². The number of nitrogens with one attached hydrogen (secondary N) is 1. The fourth-order valence-electron chi connectivity index (χ4n) is 2.71. The largest absolute Gasteiger partial charge is 0.433 e. The molecule has 0 spiro atoms. The lowest BCUT2D eigenvalue weighted by molar-refractivity contribution is -0.312. The van der Waals surface area contributed by atoms with Crippen LogP contribution in [0.3, 0.4) is 0 Å². The van der Waals surface area contributed by atoms with Gasteiger partial charge in [0.2, 0.25) is 5.72 Å². The molecular formula is C13H17NO5. The average Bonchev–Trinajstić information content (AvgIpc) is 3.13. The first-order valence-corrected chi connectivity index (χ1v) is 6.67. The van der Waals surface area contributed by atoms with Crippen molar-refractivity contribution in [2.45, 2.75) is 56.1 Å². The van der Waals surface area contributed by atoms with Gasteiger partial charge in [-0.1, -0.05) is 0 Å². The van der Waals surface area contributed by atoms with Crippen LogP contribution in [0.2, 0.25) is 0 Å². The molecule has 0 bridgehead atoms. The zero-order valence-electron chi connectivity index (χ0n) is 10.6. The van der Waals surface area contributed by atoms with Crippen molar-refractivity contribution >= 4 is 11.9 Å². The predicted molar refractivity (Wildman–Crippen MR) is 63.6 cm³/mol. The van der Waals surface area contributed by atoms with Gasteiger partial charge in [-0.25, -0.2) is 9.59 Å². The SMILES string of the molecule is O=C1/C=C/C(=O)OC2(NC3CC3)CCCCC2(O)O1. The number of ether oxygens (including phenoxy) is 2. The van der Waals surface area contributed by atoms with Crippen LogP contribution in [0.5, 0.6) is 0 Å². The molecule has 2 unspecified atom stereocenters. The van der Waals surface area contributed by atoms with Gasteiger partial charge >= 0.3 is 11.9 Å². The summed E-state index contributed by atoms with van der Waals surface area (Å²) >= 11 is 0. The Hall–Kier alpha value is -1.40. The lowest BCUT2D eigenvalue weighted by Crippen LogP contribution is -2.69. The highest BCUT2D eigenvalue weighted by molar-refractivity contribution is 5.92. The van der Waals surface area contributed by atoms with E-state index in [1.165, 1.54) is 0 Å². The highest BCUT2D eigenvalue weighted by Crippen LogP contribution is 2.42. The van der Waals surface area contributed by atoms with Crippen molar-refractivity contribution in [3.63, 3.8) is 0 Å². The van der Waals surface area contributed by atoms with E-state index in [4.69, 9.17) is 9.47 Å². The summed E-state index contributed by atoms with van der Waals surface area (Å²) in [4.78, 5) is 23.3. The smallest absolute Gasteiger partial charge is 0.333 e. The van der Waals surface area contributed by atoms with Gasteiger partial charge in [0.1, 0.15) is 0 Å². The van der Waals surface area contributed by atoms with Crippen LogP contribution < -0.4 is 5.32 Å². The van der Waals surface area contributed by atoms with Gasteiger partial charge < -0.3 is 14.6 Å². The maximum absolute atomic E-state index is 11.7. The second-order valence-electron chi connectivity index (χ2n) is 5.41. The van der Waals surface area contributed by atoms with Crippen LogP contribution >= 0.6 is 0 Å². The molecule has 1 aliphatic heterocycles. The zero-order valence-corrected chi connectivity index (χ0v) is 10.6. The maximum Gasteiger partial charge on any atom is 0.333 e. The molecule has 0 amide bonds. The highest BCUT2D eigenvalue weighted by Gasteiger charge is 2.60. The van der Waals surface area contributed by atoms with Gasteiger partial charge in [-0.3, -0.25) is 5.32 Å². The third kappa shape index (κ3) is 2.26. The average molecular weight is 267 g/mol. The summed E-state index contributed by atoms with van der Waals surface area (Å²) in [6, 6.07) is 0.208. The van der Waals surface area contributed by atoms with Crippen LogP contribution in [0.15, 0.2) is 12.2 Å². The van der Waals surface area contributed by atoms with Crippen molar-refractivity contribution in [2.24, 2.45) is 0 Å². The summed E-state index contributed by atoms with van der Waals surface area (Å²) in [6.45, 7) is 0. The minimum atomic E-state index is -1.79. The molecule has 1 heterocycles. The Labute approximate surface area is 110 Å². The molecular weight excluding hydrogens is 250 g/mol. The Morgan fingerprint density at radius 3 is 2.42 bits per heavy atom. The van der Waals surface area contributed by atoms with E-state index < -0.39 is 23.5 Å². The molecule has 2 fully saturated rings. The first-order valence-electron chi connectivity index (χ1n) is 6.67. The van der Waals surface area contributed by atoms with Gasteiger partial charge in [0.15, 0.2) is 0 Å². The Morgan fingerprint density at radius 2 is 1.74 bits per heavy atom. The van der Waals surface area contributed by atoms with Gasteiger partial charge in [-0.15, -0.1) is 0 Å². The van der Waals surface area contributed by atoms with Gasteiger partial charge in [-0.05, 0) is 25.7 Å². The molecule has 2 N–H and O–H groups in total. The Balaban J connectivity index is 1.97. The van der Waals surface area contributed by atoms with Crippen LogP contribution in [0.25, 0.3) is 0 Å². The second kappa shape index (κ2) is 4.31. The molecule has 0 aromatic carbocycles. The topological polar surface area (TPSA) is 84.9 Å². The molecule has 0 saturated heterocycles. The van der Waals surface area contributed by atoms with E-state index in [0.717, 1.165) is 37.8 Å². The van der Waals surface area contributed by atoms with Crippen molar-refractivity contribution in [2.75, 3.05) is 0 Å². The zero-order chi connectivity index (χ0) is 13.5. The summed E-state index contributed by atoms with van der Waals surface area (Å²) in [5.41, 5.74) is -1.32. The van der Waals surface area contributed by atoms with E-state index in [-0.39, 0.29) is 12.5 Å². The molecule has 104 valence electrons. The third-order valence-electron chi connectivity index (χ3n) is 3.84. The molecule has 0 radical (unpaired) electrons. The number of carbonyl (C=O) groups is 2.